The highest BCUT2D eigenvalue weighted by atomic mass is 35.5. The highest BCUT2D eigenvalue weighted by molar-refractivity contribution is 6.29. The van der Waals surface area contributed by atoms with Gasteiger partial charge in [-0.3, -0.25) is 9.78 Å². The number of benzene rings is 1. The van der Waals surface area contributed by atoms with Crippen molar-refractivity contribution in [3.8, 4) is 0 Å². The number of carbonyl (C=O) groups is 1. The molecule has 2 aromatic rings. The van der Waals surface area contributed by atoms with Crippen molar-refractivity contribution in [2.75, 3.05) is 10.6 Å². The van der Waals surface area contributed by atoms with Crippen LogP contribution in [0.4, 0.5) is 21.5 Å². The molecule has 1 heterocycles. The minimum Gasteiger partial charge on any atom is -0.353 e. The van der Waals surface area contributed by atoms with Crippen LogP contribution in [-0.2, 0) is 4.79 Å². The van der Waals surface area contributed by atoms with E-state index in [4.69, 9.17) is 11.6 Å². The largest absolute Gasteiger partial charge is 0.353 e. The van der Waals surface area contributed by atoms with Crippen molar-refractivity contribution in [1.82, 2.24) is 4.98 Å². The van der Waals surface area contributed by atoms with Crippen LogP contribution in [0.25, 0.3) is 0 Å². The minimum absolute atomic E-state index is 0.319. The molecule has 0 aliphatic rings. The molecule has 2 rings (SSSR count). The molecule has 0 spiro atoms. The number of hydrogen-bond acceptors (Lipinski definition) is 3. The molecule has 0 radical (unpaired) electrons. The highest BCUT2D eigenvalue weighted by Gasteiger charge is 2.12. The smallest absolute Gasteiger partial charge is 0.255 e. The predicted octanol–water partition coefficient (Wildman–Crippen LogP) is 5.55. The fraction of sp³-hybridized carbons (Fsp3) is 0.100. The summed E-state index contributed by atoms with van der Waals surface area (Å²) >= 11 is 5.83. The lowest BCUT2D eigenvalue weighted by Gasteiger charge is -2.14. The summed E-state index contributed by atoms with van der Waals surface area (Å²) in [7, 11) is 0. The molecule has 0 atom stereocenters. The number of pyridine rings is 1. The number of allylic oxidation sites excluding steroid dienone is 3. The number of aromatic nitrogens is 1. The zero-order valence-corrected chi connectivity index (χ0v) is 15.3. The summed E-state index contributed by atoms with van der Waals surface area (Å²) in [6.07, 6.45) is 6.40. The molecular formula is C20H19ClFN3O. The van der Waals surface area contributed by atoms with Crippen LogP contribution < -0.4 is 10.6 Å². The molecule has 0 saturated carbocycles. The maximum atomic E-state index is 13.0. The van der Waals surface area contributed by atoms with Crippen molar-refractivity contribution in [3.63, 3.8) is 0 Å². The zero-order valence-electron chi connectivity index (χ0n) is 14.5. The van der Waals surface area contributed by atoms with Gasteiger partial charge in [-0.1, -0.05) is 18.2 Å². The lowest BCUT2D eigenvalue weighted by molar-refractivity contribution is -0.112. The fourth-order valence-electron chi connectivity index (χ4n) is 2.09. The number of nitrogens with one attached hydrogen (secondary N) is 2. The van der Waals surface area contributed by atoms with Crippen molar-refractivity contribution in [2.45, 2.75) is 13.8 Å². The number of halogens is 2. The Kier molecular flexibility index (Phi) is 6.69. The fourth-order valence-corrected chi connectivity index (χ4v) is 2.15. The van der Waals surface area contributed by atoms with Gasteiger partial charge in [-0.15, -0.1) is 0 Å². The van der Waals surface area contributed by atoms with Gasteiger partial charge < -0.3 is 10.6 Å². The Morgan fingerprint density at radius 1 is 1.15 bits per heavy atom. The molecule has 26 heavy (non-hydrogen) atoms. The highest BCUT2D eigenvalue weighted by Crippen LogP contribution is 2.25. The molecule has 6 heteroatoms. The summed E-state index contributed by atoms with van der Waals surface area (Å²) in [4.78, 5) is 16.7. The van der Waals surface area contributed by atoms with Gasteiger partial charge in [0.25, 0.3) is 5.91 Å². The third-order valence-corrected chi connectivity index (χ3v) is 3.50. The summed E-state index contributed by atoms with van der Waals surface area (Å²) in [6.45, 7) is 7.29. The molecule has 4 nitrogen and oxygen atoms in total. The van der Waals surface area contributed by atoms with Gasteiger partial charge in [0.1, 0.15) is 5.82 Å². The number of amides is 1. The van der Waals surface area contributed by atoms with Gasteiger partial charge in [0.2, 0.25) is 0 Å². The molecule has 0 unspecified atom stereocenters. The third kappa shape index (κ3) is 5.57. The second-order valence-corrected chi connectivity index (χ2v) is 6.22. The lowest BCUT2D eigenvalue weighted by Crippen LogP contribution is -2.16. The second-order valence-electron chi connectivity index (χ2n) is 5.62. The zero-order chi connectivity index (χ0) is 19.1. The van der Waals surface area contributed by atoms with Gasteiger partial charge in [0.15, 0.2) is 0 Å². The van der Waals surface area contributed by atoms with Crippen LogP contribution in [0.3, 0.4) is 0 Å². The molecule has 0 aliphatic carbocycles. The van der Waals surface area contributed by atoms with Crippen molar-refractivity contribution in [1.29, 1.82) is 0 Å². The Bertz CT molecular complexity index is 869. The Morgan fingerprint density at radius 3 is 2.46 bits per heavy atom. The lowest BCUT2D eigenvalue weighted by atomic mass is 10.1. The van der Waals surface area contributed by atoms with Gasteiger partial charge in [0, 0.05) is 22.5 Å². The minimum atomic E-state index is -0.325. The number of nitrogens with zero attached hydrogens (tertiary/aromatic N) is 1. The first-order chi connectivity index (χ1) is 12.4. The monoisotopic (exact) mass is 371 g/mol. The first-order valence-electron chi connectivity index (χ1n) is 7.84. The SMILES string of the molecule is C=C(C)/C(=C\C=C(/C)Cl)C(=O)Nc1ccncc1Nc1ccc(F)cc1. The van der Waals surface area contributed by atoms with E-state index in [-0.39, 0.29) is 11.7 Å². The molecule has 0 bridgehead atoms. The second kappa shape index (κ2) is 8.97. The molecular weight excluding hydrogens is 353 g/mol. The van der Waals surface area contributed by atoms with Gasteiger partial charge in [-0.05, 0) is 61.9 Å². The predicted molar refractivity (Wildman–Crippen MR) is 105 cm³/mol. The molecule has 0 saturated heterocycles. The first-order valence-corrected chi connectivity index (χ1v) is 8.22. The Hall–Kier alpha value is -2.92. The Labute approximate surface area is 157 Å². The molecule has 1 aromatic heterocycles. The average Bonchev–Trinajstić information content (AvgIpc) is 2.58. The average molecular weight is 372 g/mol. The molecule has 0 fully saturated rings. The van der Waals surface area contributed by atoms with Gasteiger partial charge in [-0.2, -0.15) is 0 Å². The summed E-state index contributed by atoms with van der Waals surface area (Å²) in [5.41, 5.74) is 2.81. The quantitative estimate of drug-likeness (QED) is 0.517. The molecule has 1 aromatic carbocycles. The summed E-state index contributed by atoms with van der Waals surface area (Å²) in [6, 6.07) is 7.56. The van der Waals surface area contributed by atoms with E-state index >= 15 is 0 Å². The number of carbonyl (C=O) groups excluding carboxylic acids is 1. The Morgan fingerprint density at radius 2 is 1.85 bits per heavy atom. The summed E-state index contributed by atoms with van der Waals surface area (Å²) in [5, 5.41) is 6.49. The van der Waals surface area contributed by atoms with Crippen LogP contribution in [0.2, 0.25) is 0 Å². The number of rotatable bonds is 6. The van der Waals surface area contributed by atoms with E-state index in [1.165, 1.54) is 12.1 Å². The van der Waals surface area contributed by atoms with Crippen molar-refractivity contribution < 1.29 is 9.18 Å². The number of anilines is 3. The van der Waals surface area contributed by atoms with E-state index in [2.05, 4.69) is 22.2 Å². The normalized spacial score (nSPS) is 11.8. The maximum Gasteiger partial charge on any atom is 0.255 e. The van der Waals surface area contributed by atoms with Crippen LogP contribution in [0.5, 0.6) is 0 Å². The van der Waals surface area contributed by atoms with Crippen LogP contribution in [-0.4, -0.2) is 10.9 Å². The molecule has 134 valence electrons. The molecule has 0 aliphatic heterocycles. The van der Waals surface area contributed by atoms with Crippen LogP contribution in [0.1, 0.15) is 13.8 Å². The third-order valence-electron chi connectivity index (χ3n) is 3.38. The van der Waals surface area contributed by atoms with E-state index in [1.54, 1.807) is 56.6 Å². The van der Waals surface area contributed by atoms with Crippen LogP contribution in [0, 0.1) is 5.82 Å². The van der Waals surface area contributed by atoms with Gasteiger partial charge in [-0.25, -0.2) is 4.39 Å². The summed E-state index contributed by atoms with van der Waals surface area (Å²) in [5.74, 6) is -0.644. The van der Waals surface area contributed by atoms with Crippen molar-refractivity contribution >= 4 is 34.6 Å². The number of hydrogen-bond donors (Lipinski definition) is 2. The molecule has 2 N–H and O–H groups in total. The van der Waals surface area contributed by atoms with Crippen molar-refractivity contribution in [2.24, 2.45) is 0 Å². The topological polar surface area (TPSA) is 54.0 Å². The maximum absolute atomic E-state index is 13.0. The van der Waals surface area contributed by atoms with E-state index in [0.717, 1.165) is 0 Å². The Balaban J connectivity index is 2.25. The van der Waals surface area contributed by atoms with E-state index < -0.39 is 0 Å². The van der Waals surface area contributed by atoms with Crippen LogP contribution in [0.15, 0.2) is 77.6 Å². The van der Waals surface area contributed by atoms with E-state index in [0.29, 0.717) is 33.2 Å². The van der Waals surface area contributed by atoms with Gasteiger partial charge >= 0.3 is 0 Å². The first kappa shape index (κ1) is 19.4. The van der Waals surface area contributed by atoms with Crippen LogP contribution >= 0.6 is 11.6 Å². The van der Waals surface area contributed by atoms with E-state index in [9.17, 15) is 9.18 Å². The molecule has 1 amide bonds. The van der Waals surface area contributed by atoms with Gasteiger partial charge in [0.05, 0.1) is 17.6 Å². The summed E-state index contributed by atoms with van der Waals surface area (Å²) < 4.78 is 13.0. The standard InChI is InChI=1S/C20H19ClFN3O/c1-13(2)17(9-4-14(3)21)20(26)25-18-10-11-23-12-19(18)24-16-7-5-15(22)6-8-16/h4-12,24H,1H2,2-3H3,(H,23,25,26)/b14-4+,17-9+. The van der Waals surface area contributed by atoms with Crippen molar-refractivity contribution in [3.05, 3.63) is 83.5 Å². The van der Waals surface area contributed by atoms with E-state index in [1.807, 2.05) is 0 Å².